The van der Waals surface area contributed by atoms with Gasteiger partial charge in [0.1, 0.15) is 0 Å². The van der Waals surface area contributed by atoms with Crippen LogP contribution in [0.3, 0.4) is 0 Å². The molecular weight excluding hydrogens is 146 g/mol. The summed E-state index contributed by atoms with van der Waals surface area (Å²) in [4.78, 5) is 6.53. The maximum absolute atomic E-state index is 4.29. The third-order valence-corrected chi connectivity index (χ3v) is 2.17. The van der Waals surface area contributed by atoms with E-state index in [1.54, 1.807) is 11.8 Å². The van der Waals surface area contributed by atoms with E-state index in [1.807, 2.05) is 6.26 Å². The lowest BCUT2D eigenvalue weighted by Gasteiger charge is -2.24. The standard InChI is InChI=1S/C6H13N3S/c1-3-9-4-7-6(10-2)8-5-9/h3-5H2,1-2H3,(H,7,8). The van der Waals surface area contributed by atoms with Crippen molar-refractivity contribution in [2.45, 2.75) is 6.92 Å². The number of thioether (sulfide) groups is 1. The largest absolute Gasteiger partial charge is 0.352 e. The number of nitrogens with zero attached hydrogens (tertiary/aromatic N) is 2. The first-order chi connectivity index (χ1) is 4.86. The summed E-state index contributed by atoms with van der Waals surface area (Å²) in [6, 6.07) is 0. The quantitative estimate of drug-likeness (QED) is 0.605. The fourth-order valence-corrected chi connectivity index (χ4v) is 1.19. The van der Waals surface area contributed by atoms with Gasteiger partial charge in [0, 0.05) is 0 Å². The van der Waals surface area contributed by atoms with Gasteiger partial charge in [-0.15, -0.1) is 0 Å². The minimum atomic E-state index is 0.847. The zero-order valence-corrected chi connectivity index (χ0v) is 7.24. The van der Waals surface area contributed by atoms with Crippen LogP contribution in [0.4, 0.5) is 0 Å². The summed E-state index contributed by atoms with van der Waals surface area (Å²) in [5, 5.41) is 4.27. The van der Waals surface area contributed by atoms with Crippen molar-refractivity contribution in [3.8, 4) is 0 Å². The molecule has 0 saturated heterocycles. The maximum Gasteiger partial charge on any atom is 0.158 e. The Bertz CT molecular complexity index is 135. The normalized spacial score (nSPS) is 20.0. The highest BCUT2D eigenvalue weighted by molar-refractivity contribution is 8.13. The Kier molecular flexibility index (Phi) is 3.02. The molecule has 1 rings (SSSR count). The molecule has 4 heteroatoms. The highest BCUT2D eigenvalue weighted by Gasteiger charge is 2.07. The lowest BCUT2D eigenvalue weighted by atomic mass is 10.6. The van der Waals surface area contributed by atoms with Crippen molar-refractivity contribution in [3.05, 3.63) is 0 Å². The Balaban J connectivity index is 2.36. The predicted octanol–water partition coefficient (Wildman–Crippen LogP) is 0.545. The van der Waals surface area contributed by atoms with Crippen LogP contribution in [0, 0.1) is 0 Å². The first-order valence-corrected chi connectivity index (χ1v) is 4.64. The van der Waals surface area contributed by atoms with E-state index in [2.05, 4.69) is 22.1 Å². The first-order valence-electron chi connectivity index (χ1n) is 3.41. The van der Waals surface area contributed by atoms with Gasteiger partial charge in [0.2, 0.25) is 0 Å². The van der Waals surface area contributed by atoms with Crippen molar-refractivity contribution < 1.29 is 0 Å². The summed E-state index contributed by atoms with van der Waals surface area (Å²) in [6.45, 7) is 5.00. The lowest BCUT2D eigenvalue weighted by molar-refractivity contribution is 0.281. The number of aliphatic imine (C=N–C) groups is 1. The van der Waals surface area contributed by atoms with Crippen LogP contribution in [0.25, 0.3) is 0 Å². The summed E-state index contributed by atoms with van der Waals surface area (Å²) in [6.07, 6.45) is 2.04. The molecule has 0 aliphatic carbocycles. The van der Waals surface area contributed by atoms with Gasteiger partial charge in [-0.3, -0.25) is 4.90 Å². The molecule has 1 N–H and O–H groups in total. The Morgan fingerprint density at radius 3 is 3.00 bits per heavy atom. The van der Waals surface area contributed by atoms with Crippen LogP contribution in [0.5, 0.6) is 0 Å². The van der Waals surface area contributed by atoms with Gasteiger partial charge in [0.05, 0.1) is 13.3 Å². The van der Waals surface area contributed by atoms with E-state index in [1.165, 1.54) is 0 Å². The molecule has 1 aliphatic rings. The summed E-state index contributed by atoms with van der Waals surface area (Å²) in [7, 11) is 0. The monoisotopic (exact) mass is 159 g/mol. The van der Waals surface area contributed by atoms with Crippen LogP contribution in [0.1, 0.15) is 6.92 Å². The van der Waals surface area contributed by atoms with Gasteiger partial charge in [-0.1, -0.05) is 18.7 Å². The minimum absolute atomic E-state index is 0.847. The van der Waals surface area contributed by atoms with Crippen LogP contribution in [-0.4, -0.2) is 36.2 Å². The summed E-state index contributed by atoms with van der Waals surface area (Å²) >= 11 is 1.67. The van der Waals surface area contributed by atoms with E-state index in [9.17, 15) is 0 Å². The molecule has 0 unspecified atom stereocenters. The predicted molar refractivity (Wildman–Crippen MR) is 46.2 cm³/mol. The van der Waals surface area contributed by atoms with Gasteiger partial charge in [-0.25, -0.2) is 4.99 Å². The molecule has 0 amide bonds. The molecule has 3 nitrogen and oxygen atoms in total. The number of amidine groups is 1. The Morgan fingerprint density at radius 1 is 1.80 bits per heavy atom. The average Bonchev–Trinajstić information content (AvgIpc) is 2.05. The Labute approximate surface area is 65.9 Å². The molecule has 0 bridgehead atoms. The highest BCUT2D eigenvalue weighted by Crippen LogP contribution is 2.00. The Morgan fingerprint density at radius 2 is 2.60 bits per heavy atom. The molecule has 0 spiro atoms. The van der Waals surface area contributed by atoms with Crippen molar-refractivity contribution in [3.63, 3.8) is 0 Å². The SMILES string of the molecule is CCN1CN=C(SC)NC1. The van der Waals surface area contributed by atoms with Gasteiger partial charge in [-0.05, 0) is 12.8 Å². The van der Waals surface area contributed by atoms with E-state index in [4.69, 9.17) is 0 Å². The van der Waals surface area contributed by atoms with Gasteiger partial charge < -0.3 is 5.32 Å². The average molecular weight is 159 g/mol. The van der Waals surface area contributed by atoms with E-state index in [-0.39, 0.29) is 0 Å². The van der Waals surface area contributed by atoms with E-state index in [0.29, 0.717) is 0 Å². The fourth-order valence-electron chi connectivity index (χ4n) is 0.798. The first kappa shape index (κ1) is 7.88. The van der Waals surface area contributed by atoms with Crippen molar-refractivity contribution >= 4 is 16.9 Å². The molecule has 0 atom stereocenters. The Hall–Kier alpha value is -0.220. The zero-order valence-electron chi connectivity index (χ0n) is 6.42. The van der Waals surface area contributed by atoms with Gasteiger partial charge >= 0.3 is 0 Å². The second-order valence-electron chi connectivity index (χ2n) is 2.13. The van der Waals surface area contributed by atoms with Crippen molar-refractivity contribution in [1.82, 2.24) is 10.2 Å². The molecule has 58 valence electrons. The molecule has 0 aromatic carbocycles. The number of nitrogens with one attached hydrogen (secondary N) is 1. The van der Waals surface area contributed by atoms with Crippen LogP contribution < -0.4 is 5.32 Å². The molecule has 10 heavy (non-hydrogen) atoms. The summed E-state index contributed by atoms with van der Waals surface area (Å²) in [5.41, 5.74) is 0. The topological polar surface area (TPSA) is 27.6 Å². The third-order valence-electron chi connectivity index (χ3n) is 1.51. The second-order valence-corrected chi connectivity index (χ2v) is 2.93. The number of hydrogen-bond acceptors (Lipinski definition) is 4. The van der Waals surface area contributed by atoms with E-state index < -0.39 is 0 Å². The summed E-state index contributed by atoms with van der Waals surface area (Å²) in [5.74, 6) is 0. The number of rotatable bonds is 1. The molecule has 0 saturated carbocycles. The van der Waals surface area contributed by atoms with Crippen molar-refractivity contribution in [1.29, 1.82) is 0 Å². The molecule has 0 radical (unpaired) electrons. The van der Waals surface area contributed by atoms with Gasteiger partial charge in [0.15, 0.2) is 5.17 Å². The molecular formula is C6H13N3S. The molecule has 0 aromatic rings. The summed E-state index contributed by atoms with van der Waals surface area (Å²) < 4.78 is 0. The molecule has 1 heterocycles. The van der Waals surface area contributed by atoms with Gasteiger partial charge in [-0.2, -0.15) is 0 Å². The molecule has 1 aliphatic heterocycles. The van der Waals surface area contributed by atoms with Crippen molar-refractivity contribution in [2.75, 3.05) is 26.1 Å². The fraction of sp³-hybridized carbons (Fsp3) is 0.833. The van der Waals surface area contributed by atoms with Crippen molar-refractivity contribution in [2.24, 2.45) is 4.99 Å². The zero-order chi connectivity index (χ0) is 7.40. The van der Waals surface area contributed by atoms with E-state index >= 15 is 0 Å². The number of hydrogen-bond donors (Lipinski definition) is 1. The smallest absolute Gasteiger partial charge is 0.158 e. The lowest BCUT2D eigenvalue weighted by Crippen LogP contribution is -2.41. The third kappa shape index (κ3) is 1.88. The van der Waals surface area contributed by atoms with Gasteiger partial charge in [0.25, 0.3) is 0 Å². The second kappa shape index (κ2) is 3.83. The minimum Gasteiger partial charge on any atom is -0.352 e. The van der Waals surface area contributed by atoms with Crippen LogP contribution in [0.2, 0.25) is 0 Å². The van der Waals surface area contributed by atoms with Crippen LogP contribution >= 0.6 is 11.8 Å². The van der Waals surface area contributed by atoms with Crippen LogP contribution in [-0.2, 0) is 0 Å². The van der Waals surface area contributed by atoms with Crippen LogP contribution in [0.15, 0.2) is 4.99 Å². The van der Waals surface area contributed by atoms with E-state index in [0.717, 1.165) is 25.0 Å². The molecule has 0 fully saturated rings. The maximum atomic E-state index is 4.29. The molecule has 0 aromatic heterocycles. The highest BCUT2D eigenvalue weighted by atomic mass is 32.2.